The van der Waals surface area contributed by atoms with Crippen molar-refractivity contribution in [1.82, 2.24) is 14.7 Å². The number of carbonyl (C=O) groups excluding carboxylic acids is 1. The van der Waals surface area contributed by atoms with Crippen LogP contribution in [0.15, 0.2) is 0 Å². The van der Waals surface area contributed by atoms with Gasteiger partial charge in [-0.05, 0) is 33.4 Å². The molecule has 1 atom stereocenters. The third kappa shape index (κ3) is 5.06. The van der Waals surface area contributed by atoms with Gasteiger partial charge in [-0.15, -0.1) is 0 Å². The first-order chi connectivity index (χ1) is 8.91. The van der Waals surface area contributed by atoms with Crippen molar-refractivity contribution >= 4 is 12.0 Å². The molecule has 0 saturated carbocycles. The van der Waals surface area contributed by atoms with E-state index in [0.29, 0.717) is 13.0 Å². The summed E-state index contributed by atoms with van der Waals surface area (Å²) < 4.78 is 0. The Balaban J connectivity index is 2.44. The molecular weight excluding hydrogens is 246 g/mol. The van der Waals surface area contributed by atoms with E-state index in [4.69, 9.17) is 5.11 Å². The molecule has 0 aromatic rings. The molecule has 110 valence electrons. The predicted octanol–water partition coefficient (Wildman–Crippen LogP) is 0.929. The number of urea groups is 1. The van der Waals surface area contributed by atoms with Crippen LogP contribution in [-0.4, -0.2) is 78.6 Å². The molecule has 1 aliphatic heterocycles. The highest BCUT2D eigenvalue weighted by Crippen LogP contribution is 2.19. The maximum atomic E-state index is 12.3. The summed E-state index contributed by atoms with van der Waals surface area (Å²) in [6.07, 6.45) is 2.71. The molecule has 0 bridgehead atoms. The number of hydrogen-bond donors (Lipinski definition) is 1. The Morgan fingerprint density at radius 2 is 2.00 bits per heavy atom. The average molecular weight is 271 g/mol. The number of likely N-dealkylation sites (tertiary alicyclic amines) is 1. The molecule has 1 saturated heterocycles. The highest BCUT2D eigenvalue weighted by molar-refractivity contribution is 5.75. The van der Waals surface area contributed by atoms with E-state index in [1.54, 1.807) is 11.9 Å². The van der Waals surface area contributed by atoms with Gasteiger partial charge in [0.05, 0.1) is 0 Å². The molecule has 2 amide bonds. The van der Waals surface area contributed by atoms with Crippen molar-refractivity contribution in [3.63, 3.8) is 0 Å². The number of amides is 2. The fraction of sp³-hybridized carbons (Fsp3) is 0.846. The van der Waals surface area contributed by atoms with Crippen molar-refractivity contribution in [2.75, 3.05) is 40.8 Å². The van der Waals surface area contributed by atoms with Crippen LogP contribution in [0.2, 0.25) is 0 Å². The number of likely N-dealkylation sites (N-methyl/N-ethyl adjacent to an activating group) is 1. The van der Waals surface area contributed by atoms with Crippen LogP contribution < -0.4 is 0 Å². The van der Waals surface area contributed by atoms with Gasteiger partial charge in [-0.25, -0.2) is 4.79 Å². The zero-order valence-electron chi connectivity index (χ0n) is 12.1. The van der Waals surface area contributed by atoms with Gasteiger partial charge in [-0.2, -0.15) is 0 Å². The second-order valence-corrected chi connectivity index (χ2v) is 5.45. The zero-order chi connectivity index (χ0) is 14.4. The SMILES string of the molecule is CN(C)CC1CCCN1C(=O)N(C)CCCC(=O)O. The normalized spacial score (nSPS) is 18.9. The summed E-state index contributed by atoms with van der Waals surface area (Å²) in [5, 5.41) is 8.60. The van der Waals surface area contributed by atoms with Crippen LogP contribution in [0.4, 0.5) is 4.79 Å². The lowest BCUT2D eigenvalue weighted by Crippen LogP contribution is -2.47. The number of aliphatic carboxylic acids is 1. The van der Waals surface area contributed by atoms with Gasteiger partial charge in [0, 0.05) is 39.1 Å². The lowest BCUT2D eigenvalue weighted by molar-refractivity contribution is -0.137. The Bertz CT molecular complexity index is 320. The molecule has 6 nitrogen and oxygen atoms in total. The Hall–Kier alpha value is -1.30. The van der Waals surface area contributed by atoms with Crippen molar-refractivity contribution in [3.8, 4) is 0 Å². The van der Waals surface area contributed by atoms with Gasteiger partial charge in [0.25, 0.3) is 0 Å². The summed E-state index contributed by atoms with van der Waals surface area (Å²) in [5.41, 5.74) is 0. The predicted molar refractivity (Wildman–Crippen MR) is 73.2 cm³/mol. The Kier molecular flexibility index (Phi) is 6.08. The first-order valence-electron chi connectivity index (χ1n) is 6.80. The maximum absolute atomic E-state index is 12.3. The minimum absolute atomic E-state index is 0.0229. The molecule has 6 heteroatoms. The van der Waals surface area contributed by atoms with E-state index in [1.165, 1.54) is 0 Å². The minimum atomic E-state index is -0.812. The van der Waals surface area contributed by atoms with E-state index in [1.807, 2.05) is 19.0 Å². The second kappa shape index (κ2) is 7.33. The Morgan fingerprint density at radius 1 is 1.32 bits per heavy atom. The molecule has 1 heterocycles. The molecule has 0 spiro atoms. The lowest BCUT2D eigenvalue weighted by atomic mass is 10.2. The lowest BCUT2D eigenvalue weighted by Gasteiger charge is -2.31. The van der Waals surface area contributed by atoms with Crippen LogP contribution in [-0.2, 0) is 4.79 Å². The number of carboxylic acids is 1. The van der Waals surface area contributed by atoms with Gasteiger partial charge < -0.3 is 19.8 Å². The summed E-state index contributed by atoms with van der Waals surface area (Å²) in [7, 11) is 5.77. The van der Waals surface area contributed by atoms with Crippen molar-refractivity contribution in [3.05, 3.63) is 0 Å². The molecule has 1 fully saturated rings. The van der Waals surface area contributed by atoms with Gasteiger partial charge >= 0.3 is 12.0 Å². The molecule has 0 aromatic carbocycles. The van der Waals surface area contributed by atoms with E-state index in [0.717, 1.165) is 25.9 Å². The molecule has 0 radical (unpaired) electrons. The van der Waals surface area contributed by atoms with Crippen LogP contribution in [0.3, 0.4) is 0 Å². The maximum Gasteiger partial charge on any atom is 0.320 e. The van der Waals surface area contributed by atoms with Gasteiger partial charge in [-0.3, -0.25) is 4.79 Å². The molecule has 19 heavy (non-hydrogen) atoms. The van der Waals surface area contributed by atoms with Crippen molar-refractivity contribution < 1.29 is 14.7 Å². The Labute approximate surface area is 115 Å². The van der Waals surface area contributed by atoms with Gasteiger partial charge in [0.15, 0.2) is 0 Å². The molecule has 1 aliphatic rings. The fourth-order valence-corrected chi connectivity index (χ4v) is 2.48. The van der Waals surface area contributed by atoms with Crippen LogP contribution in [0.5, 0.6) is 0 Å². The minimum Gasteiger partial charge on any atom is -0.481 e. The summed E-state index contributed by atoms with van der Waals surface area (Å²) in [6.45, 7) is 2.19. The van der Waals surface area contributed by atoms with Crippen LogP contribution in [0.25, 0.3) is 0 Å². The number of carboxylic acid groups (broad SMARTS) is 1. The highest BCUT2D eigenvalue weighted by Gasteiger charge is 2.30. The van der Waals surface area contributed by atoms with Crippen molar-refractivity contribution in [2.24, 2.45) is 0 Å². The van der Waals surface area contributed by atoms with Crippen molar-refractivity contribution in [2.45, 2.75) is 31.7 Å². The van der Waals surface area contributed by atoms with Crippen LogP contribution in [0, 0.1) is 0 Å². The van der Waals surface area contributed by atoms with Gasteiger partial charge in [-0.1, -0.05) is 0 Å². The average Bonchev–Trinajstić information content (AvgIpc) is 2.74. The number of hydrogen-bond acceptors (Lipinski definition) is 3. The zero-order valence-corrected chi connectivity index (χ0v) is 12.1. The second-order valence-electron chi connectivity index (χ2n) is 5.45. The third-order valence-electron chi connectivity index (χ3n) is 3.41. The summed E-state index contributed by atoms with van der Waals surface area (Å²) in [5.74, 6) is -0.812. The topological polar surface area (TPSA) is 64.1 Å². The van der Waals surface area contributed by atoms with Gasteiger partial charge in [0.2, 0.25) is 0 Å². The summed E-state index contributed by atoms with van der Waals surface area (Å²) >= 11 is 0. The van der Waals surface area contributed by atoms with E-state index < -0.39 is 5.97 Å². The number of nitrogens with zero attached hydrogens (tertiary/aromatic N) is 3. The van der Waals surface area contributed by atoms with Crippen LogP contribution in [0.1, 0.15) is 25.7 Å². The molecular formula is C13H25N3O3. The first-order valence-corrected chi connectivity index (χ1v) is 6.80. The molecule has 1 unspecified atom stereocenters. The molecule has 1 N–H and O–H groups in total. The van der Waals surface area contributed by atoms with E-state index in [9.17, 15) is 9.59 Å². The fourth-order valence-electron chi connectivity index (χ4n) is 2.48. The third-order valence-corrected chi connectivity index (χ3v) is 3.41. The van der Waals surface area contributed by atoms with E-state index in [2.05, 4.69) is 4.90 Å². The summed E-state index contributed by atoms with van der Waals surface area (Å²) in [6, 6.07) is 0.305. The quantitative estimate of drug-likeness (QED) is 0.780. The monoisotopic (exact) mass is 271 g/mol. The van der Waals surface area contributed by atoms with E-state index >= 15 is 0 Å². The summed E-state index contributed by atoms with van der Waals surface area (Å²) in [4.78, 5) is 28.4. The van der Waals surface area contributed by atoms with Crippen molar-refractivity contribution in [1.29, 1.82) is 0 Å². The largest absolute Gasteiger partial charge is 0.481 e. The number of carbonyl (C=O) groups is 2. The molecule has 0 aliphatic carbocycles. The van der Waals surface area contributed by atoms with E-state index in [-0.39, 0.29) is 18.5 Å². The standard InChI is InChI=1S/C13H25N3O3/c1-14(2)10-11-6-4-9-16(11)13(19)15(3)8-5-7-12(17)18/h11H,4-10H2,1-3H3,(H,17,18). The van der Waals surface area contributed by atoms with Crippen LogP contribution >= 0.6 is 0 Å². The smallest absolute Gasteiger partial charge is 0.320 e. The first kappa shape index (κ1) is 15.8. The Morgan fingerprint density at radius 3 is 2.58 bits per heavy atom. The number of rotatable bonds is 6. The highest BCUT2D eigenvalue weighted by atomic mass is 16.4. The molecule has 0 aromatic heterocycles. The van der Waals surface area contributed by atoms with Gasteiger partial charge in [0.1, 0.15) is 0 Å². The molecule has 1 rings (SSSR count).